The van der Waals surface area contributed by atoms with Crippen LogP contribution in [0.1, 0.15) is 0 Å². The van der Waals surface area contributed by atoms with Crippen LogP contribution in [0, 0.1) is 0 Å². The van der Waals surface area contributed by atoms with Crippen molar-refractivity contribution >= 4 is 139 Å². The Bertz CT molecular complexity index is 1100. The molecule has 4 aromatic carbocycles. The second-order valence-electron chi connectivity index (χ2n) is 7.11. The minimum atomic E-state index is 0. The maximum Gasteiger partial charge on any atom is 2.00 e. The van der Waals surface area contributed by atoms with Gasteiger partial charge in [0.1, 0.15) is 0 Å². The Morgan fingerprint density at radius 1 is 0.333 bits per heavy atom. The van der Waals surface area contributed by atoms with Gasteiger partial charge in [-0.1, -0.05) is 90.1 Å². The van der Waals surface area contributed by atoms with Gasteiger partial charge in [0, 0.05) is 22.7 Å². The van der Waals surface area contributed by atoms with Gasteiger partial charge in [-0.2, -0.15) is 0 Å². The van der Waals surface area contributed by atoms with Gasteiger partial charge in [0.05, 0.1) is 0 Å². The summed E-state index contributed by atoms with van der Waals surface area (Å²) in [5.74, 6) is 0. The minimum Gasteiger partial charge on any atom is -0.411 e. The zero-order chi connectivity index (χ0) is 29.6. The molecule has 0 saturated heterocycles. The van der Waals surface area contributed by atoms with E-state index in [2.05, 4.69) is 121 Å². The van der Waals surface area contributed by atoms with Crippen LogP contribution < -0.4 is 21.3 Å². The number of hydrogen-bond acceptors (Lipinski definition) is 8. The first-order valence-corrected chi connectivity index (χ1v) is 14.5. The van der Waals surface area contributed by atoms with Gasteiger partial charge in [-0.15, -0.1) is 0 Å². The summed E-state index contributed by atoms with van der Waals surface area (Å²) in [4.78, 5) is 0. The van der Waals surface area contributed by atoms with Gasteiger partial charge in [0.2, 0.25) is 0 Å². The molecule has 0 aromatic heterocycles. The van der Waals surface area contributed by atoms with Crippen LogP contribution >= 0.6 is 48.9 Å². The summed E-state index contributed by atoms with van der Waals surface area (Å²) in [5, 5.41) is 11.4. The van der Waals surface area contributed by atoms with Crippen LogP contribution in [0.15, 0.2) is 121 Å². The molecule has 0 aliphatic rings. The molecular weight excluding hydrogens is 780 g/mol. The molecule has 0 bridgehead atoms. The average Bonchev–Trinajstić information content (AvgIpc) is 2.91. The van der Waals surface area contributed by atoms with E-state index in [-0.39, 0.29) is 39.0 Å². The van der Waals surface area contributed by atoms with E-state index >= 15 is 0 Å². The molecule has 0 unspecified atom stereocenters. The Morgan fingerprint density at radius 2 is 0.476 bits per heavy atom. The molecule has 0 radical (unpaired) electrons. The van der Waals surface area contributed by atoms with Crippen molar-refractivity contribution in [3.05, 3.63) is 121 Å². The minimum absolute atomic E-state index is 0. The monoisotopic (exact) mass is 800 g/mol. The molecular formula is C28H24N4S8Zn2. The third-order valence-corrected chi connectivity index (χ3v) is 4.90. The van der Waals surface area contributed by atoms with Crippen molar-refractivity contribution in [2.45, 2.75) is 0 Å². The van der Waals surface area contributed by atoms with Crippen LogP contribution in [0.3, 0.4) is 0 Å². The molecule has 4 rings (SSSR count). The number of rotatable bonds is 4. The predicted octanol–water partition coefficient (Wildman–Crippen LogP) is 7.72. The molecule has 0 aliphatic carbocycles. The molecule has 4 aromatic rings. The number of benzene rings is 4. The maximum atomic E-state index is 4.68. The molecule has 0 amide bonds. The van der Waals surface area contributed by atoms with Crippen LogP contribution in [-0.2, 0) is 89.5 Å². The van der Waals surface area contributed by atoms with Gasteiger partial charge in [-0.05, 0) is 48.5 Å². The van der Waals surface area contributed by atoms with Crippen molar-refractivity contribution in [2.75, 3.05) is 21.3 Å². The van der Waals surface area contributed by atoms with Gasteiger partial charge < -0.3 is 121 Å². The number of hydrogen-bond donors (Lipinski definition) is 4. The topological polar surface area (TPSA) is 48.1 Å². The van der Waals surface area contributed by atoms with Crippen molar-refractivity contribution in [2.24, 2.45) is 0 Å². The zero-order valence-corrected chi connectivity index (χ0v) is 34.7. The summed E-state index contributed by atoms with van der Waals surface area (Å²) in [6.07, 6.45) is 0. The third kappa shape index (κ3) is 25.1. The quantitative estimate of drug-likeness (QED) is 0.0930. The summed E-state index contributed by atoms with van der Waals surface area (Å²) >= 11 is 37.4. The van der Waals surface area contributed by atoms with Crippen molar-refractivity contribution in [1.82, 2.24) is 0 Å². The number of anilines is 4. The molecule has 0 spiro atoms. The second-order valence-corrected chi connectivity index (χ2v) is 11.4. The fraction of sp³-hybridized carbons (Fsp3) is 0. The first-order valence-electron chi connectivity index (χ1n) is 11.3. The smallest absolute Gasteiger partial charge is 0.411 e. The van der Waals surface area contributed by atoms with E-state index in [1.807, 2.05) is 121 Å². The molecule has 0 aliphatic heterocycles. The molecule has 4 nitrogen and oxygen atoms in total. The normalized spacial score (nSPS) is 8.38. The average molecular weight is 804 g/mol. The van der Waals surface area contributed by atoms with Crippen molar-refractivity contribution in [3.63, 3.8) is 0 Å². The summed E-state index contributed by atoms with van der Waals surface area (Å²) in [5.41, 5.74) is 3.79. The SMILES string of the molecule is S=C([S-])Nc1ccccc1.S=C([S-])Nc1ccccc1.S=C([S-])Nc1ccccc1.S=C([S-])Nc1ccccc1.[Zn+2].[Zn+2]. The first-order chi connectivity index (χ1) is 19.2. The third-order valence-electron chi connectivity index (χ3n) is 4.08. The van der Waals surface area contributed by atoms with Crippen molar-refractivity contribution in [1.29, 1.82) is 0 Å². The second kappa shape index (κ2) is 27.1. The van der Waals surface area contributed by atoms with Crippen molar-refractivity contribution < 1.29 is 39.0 Å². The van der Waals surface area contributed by atoms with E-state index in [1.165, 1.54) is 0 Å². The van der Waals surface area contributed by atoms with Crippen molar-refractivity contribution in [3.8, 4) is 0 Å². The molecule has 0 saturated carbocycles. The molecule has 0 atom stereocenters. The van der Waals surface area contributed by atoms with E-state index < -0.39 is 0 Å². The Labute approximate surface area is 317 Å². The number of nitrogens with one attached hydrogen (secondary N) is 4. The molecule has 0 heterocycles. The number of thiocarbonyl (C=S) groups is 4. The van der Waals surface area contributed by atoms with E-state index in [9.17, 15) is 0 Å². The standard InChI is InChI=1S/4C7H7NS2.2Zn/c4*9-7(10)8-6-4-2-1-3-5-6;;/h4*1-5H,(H2,8,9,10);;/q;;;;2*+2/p-4. The molecule has 4 N–H and O–H groups in total. The van der Waals surface area contributed by atoms with E-state index in [0.29, 0.717) is 17.3 Å². The fourth-order valence-corrected chi connectivity index (χ4v) is 3.50. The summed E-state index contributed by atoms with van der Waals surface area (Å²) in [7, 11) is 0. The molecule has 42 heavy (non-hydrogen) atoms. The van der Waals surface area contributed by atoms with E-state index in [4.69, 9.17) is 0 Å². The number of para-hydroxylation sites is 4. The van der Waals surface area contributed by atoms with Crippen LogP contribution in [0.4, 0.5) is 22.7 Å². The van der Waals surface area contributed by atoms with E-state index in [1.54, 1.807) is 0 Å². The predicted molar refractivity (Wildman–Crippen MR) is 200 cm³/mol. The Morgan fingerprint density at radius 3 is 0.595 bits per heavy atom. The Balaban J connectivity index is 0. The molecule has 0 fully saturated rings. The molecule has 14 heteroatoms. The Hall–Kier alpha value is -1.43. The van der Waals surface area contributed by atoms with Crippen LogP contribution in [0.2, 0.25) is 0 Å². The molecule has 208 valence electrons. The van der Waals surface area contributed by atoms with Gasteiger partial charge in [-0.3, -0.25) is 0 Å². The van der Waals surface area contributed by atoms with E-state index in [0.717, 1.165) is 22.7 Å². The maximum absolute atomic E-state index is 4.68. The van der Waals surface area contributed by atoms with Crippen LogP contribution in [-0.4, -0.2) is 17.3 Å². The van der Waals surface area contributed by atoms with Gasteiger partial charge in [0.15, 0.2) is 0 Å². The fourth-order valence-electron chi connectivity index (χ4n) is 2.56. The van der Waals surface area contributed by atoms with Crippen LogP contribution in [0.25, 0.3) is 0 Å². The zero-order valence-electron chi connectivity index (χ0n) is 22.2. The summed E-state index contributed by atoms with van der Waals surface area (Å²) in [6, 6.07) is 38.5. The summed E-state index contributed by atoms with van der Waals surface area (Å²) < 4.78 is 1.52. The van der Waals surface area contributed by atoms with Gasteiger partial charge in [-0.25, -0.2) is 0 Å². The van der Waals surface area contributed by atoms with Crippen LogP contribution in [0.5, 0.6) is 0 Å². The summed E-state index contributed by atoms with van der Waals surface area (Å²) in [6.45, 7) is 0. The first kappa shape index (κ1) is 42.7. The Kier molecular flexibility index (Phi) is 27.6. The van der Waals surface area contributed by atoms with Gasteiger partial charge >= 0.3 is 39.0 Å². The largest absolute Gasteiger partial charge is 2.00 e. The van der Waals surface area contributed by atoms with Gasteiger partial charge in [0.25, 0.3) is 0 Å².